The van der Waals surface area contributed by atoms with Gasteiger partial charge in [-0.15, -0.1) is 0 Å². The second-order valence-corrected chi connectivity index (χ2v) is 2.51. The average molecular weight is 152 g/mol. The number of hydrogen-bond acceptors (Lipinski definition) is 1. The van der Waals surface area contributed by atoms with Gasteiger partial charge in [0.05, 0.1) is 6.54 Å². The lowest BCUT2D eigenvalue weighted by atomic mass is 10.1. The Morgan fingerprint density at radius 3 is 2.27 bits per heavy atom. The summed E-state index contributed by atoms with van der Waals surface area (Å²) in [5, 5.41) is 1.90. The Labute approximate surface area is 68.9 Å². The van der Waals surface area contributed by atoms with Crippen LogP contribution in [0.15, 0.2) is 24.3 Å². The van der Waals surface area contributed by atoms with Crippen molar-refractivity contribution >= 4 is 0 Å². The third-order valence-corrected chi connectivity index (χ3v) is 1.64. The number of hydrogen-bond donors (Lipinski definition) is 2. The van der Waals surface area contributed by atoms with Crippen molar-refractivity contribution in [1.82, 2.24) is 0 Å². The molecule has 2 heteroatoms. The van der Waals surface area contributed by atoms with E-state index >= 15 is 0 Å². The molecule has 0 amide bonds. The Bertz CT molecular complexity index is 208. The highest BCUT2D eigenvalue weighted by molar-refractivity contribution is 5.21. The summed E-state index contributed by atoms with van der Waals surface area (Å²) in [6, 6.07) is 8.28. The van der Waals surface area contributed by atoms with Crippen LogP contribution < -0.4 is 11.1 Å². The van der Waals surface area contributed by atoms with Crippen molar-refractivity contribution in [2.75, 3.05) is 0 Å². The molecule has 11 heavy (non-hydrogen) atoms. The predicted molar refractivity (Wildman–Crippen MR) is 47.4 cm³/mol. The standard InChI is InChI=1S/C9H14N2.H2/c1-11-7-9-4-2-8(6-10)3-5-9;/h2-5H,1,6-7,10-11H2;1H. The maximum absolute atomic E-state index is 5.45. The van der Waals surface area contributed by atoms with Crippen LogP contribution in [0.5, 0.6) is 0 Å². The average Bonchev–Trinajstić information content (AvgIpc) is 2.07. The molecule has 1 rings (SSSR count). The van der Waals surface area contributed by atoms with Crippen LogP contribution in [0.25, 0.3) is 0 Å². The minimum absolute atomic E-state index is 0. The first-order valence-electron chi connectivity index (χ1n) is 3.75. The van der Waals surface area contributed by atoms with E-state index in [0.717, 1.165) is 6.54 Å². The summed E-state index contributed by atoms with van der Waals surface area (Å²) in [6.07, 6.45) is 0. The first-order chi connectivity index (χ1) is 5.36. The van der Waals surface area contributed by atoms with Crippen LogP contribution in [0.4, 0.5) is 0 Å². The molecule has 0 aromatic heterocycles. The van der Waals surface area contributed by atoms with E-state index in [0.29, 0.717) is 6.54 Å². The van der Waals surface area contributed by atoms with E-state index in [1.54, 1.807) is 0 Å². The lowest BCUT2D eigenvalue weighted by molar-refractivity contribution is -0.612. The molecule has 1 aromatic carbocycles. The van der Waals surface area contributed by atoms with Gasteiger partial charge in [-0.2, -0.15) is 7.05 Å². The van der Waals surface area contributed by atoms with Gasteiger partial charge in [0.1, 0.15) is 0 Å². The van der Waals surface area contributed by atoms with E-state index in [4.69, 9.17) is 5.73 Å². The second kappa shape index (κ2) is 4.11. The summed E-state index contributed by atoms with van der Waals surface area (Å²) in [7, 11) is 3.67. The monoisotopic (exact) mass is 152 g/mol. The molecular weight excluding hydrogens is 136 g/mol. The van der Waals surface area contributed by atoms with Crippen molar-refractivity contribution < 1.29 is 6.74 Å². The van der Waals surface area contributed by atoms with E-state index in [1.165, 1.54) is 11.1 Å². The van der Waals surface area contributed by atoms with Crippen LogP contribution in [0.2, 0.25) is 0 Å². The SMILES string of the molecule is [CH2-][NH2+]Cc1ccc(CN)cc1.[HH]. The molecule has 2 nitrogen and oxygen atoms in total. The quantitative estimate of drug-likeness (QED) is 0.599. The van der Waals surface area contributed by atoms with Gasteiger partial charge in [0.2, 0.25) is 0 Å². The van der Waals surface area contributed by atoms with Crippen LogP contribution in [0.1, 0.15) is 12.6 Å². The largest absolute Gasteiger partial charge is 0.475 e. The van der Waals surface area contributed by atoms with Crippen molar-refractivity contribution in [3.05, 3.63) is 42.4 Å². The number of quaternary nitrogens is 1. The molecule has 0 spiro atoms. The van der Waals surface area contributed by atoms with Gasteiger partial charge in [-0.1, -0.05) is 24.3 Å². The molecule has 0 radical (unpaired) electrons. The summed E-state index contributed by atoms with van der Waals surface area (Å²) < 4.78 is 0. The molecule has 4 N–H and O–H groups in total. The van der Waals surface area contributed by atoms with E-state index < -0.39 is 0 Å². The maximum atomic E-state index is 5.45. The van der Waals surface area contributed by atoms with Gasteiger partial charge in [-0.25, -0.2) is 0 Å². The number of nitrogens with two attached hydrogens (primary N) is 2. The van der Waals surface area contributed by atoms with Crippen molar-refractivity contribution in [2.24, 2.45) is 5.73 Å². The maximum Gasteiger partial charge on any atom is 0.0773 e. The van der Waals surface area contributed by atoms with Gasteiger partial charge in [-0.05, 0) is 5.56 Å². The second-order valence-electron chi connectivity index (χ2n) is 2.51. The highest BCUT2D eigenvalue weighted by Gasteiger charge is 1.91. The fraction of sp³-hybridized carbons (Fsp3) is 0.222. The lowest BCUT2D eigenvalue weighted by Crippen LogP contribution is -2.74. The van der Waals surface area contributed by atoms with Crippen LogP contribution in [-0.2, 0) is 13.1 Å². The molecule has 0 fully saturated rings. The highest BCUT2D eigenvalue weighted by Crippen LogP contribution is 2.01. The van der Waals surface area contributed by atoms with Gasteiger partial charge < -0.3 is 11.1 Å². The Kier molecular flexibility index (Phi) is 3.08. The molecule has 0 aliphatic rings. The molecule has 0 atom stereocenters. The summed E-state index contributed by atoms with van der Waals surface area (Å²) in [5.74, 6) is 0. The molecule has 0 aliphatic heterocycles. The van der Waals surface area contributed by atoms with Crippen LogP contribution >= 0.6 is 0 Å². The van der Waals surface area contributed by atoms with Gasteiger partial charge in [0.25, 0.3) is 0 Å². The minimum Gasteiger partial charge on any atom is -0.475 e. The van der Waals surface area contributed by atoms with Gasteiger partial charge in [0, 0.05) is 13.5 Å². The Morgan fingerprint density at radius 2 is 1.82 bits per heavy atom. The van der Waals surface area contributed by atoms with Crippen LogP contribution in [0.3, 0.4) is 0 Å². The van der Waals surface area contributed by atoms with Crippen LogP contribution in [0, 0.1) is 7.05 Å². The summed E-state index contributed by atoms with van der Waals surface area (Å²) in [5.41, 5.74) is 7.92. The molecule has 0 heterocycles. The summed E-state index contributed by atoms with van der Waals surface area (Å²) in [6.45, 7) is 1.55. The topological polar surface area (TPSA) is 42.6 Å². The number of rotatable bonds is 3. The molecule has 1 aromatic rings. The number of benzene rings is 1. The van der Waals surface area contributed by atoms with Gasteiger partial charge in [-0.3, -0.25) is 0 Å². The van der Waals surface area contributed by atoms with Crippen molar-refractivity contribution in [3.63, 3.8) is 0 Å². The Balaban J connectivity index is 0.00000121. The molecule has 0 bridgehead atoms. The minimum atomic E-state index is 0. The Morgan fingerprint density at radius 1 is 1.27 bits per heavy atom. The van der Waals surface area contributed by atoms with Crippen LogP contribution in [-0.4, -0.2) is 0 Å². The summed E-state index contributed by atoms with van der Waals surface area (Å²) >= 11 is 0. The molecular formula is C9H16N2. The zero-order valence-corrected chi connectivity index (χ0v) is 6.59. The molecule has 62 valence electrons. The summed E-state index contributed by atoms with van der Waals surface area (Å²) in [4.78, 5) is 0. The van der Waals surface area contributed by atoms with E-state index in [9.17, 15) is 0 Å². The third kappa shape index (κ3) is 2.33. The zero-order chi connectivity index (χ0) is 8.10. The van der Waals surface area contributed by atoms with Gasteiger partial charge in [0.15, 0.2) is 0 Å². The molecule has 0 unspecified atom stereocenters. The van der Waals surface area contributed by atoms with E-state index in [-0.39, 0.29) is 1.43 Å². The predicted octanol–water partition coefficient (Wildman–Crippen LogP) is 0.246. The molecule has 0 saturated carbocycles. The third-order valence-electron chi connectivity index (χ3n) is 1.64. The normalized spacial score (nSPS) is 10.0. The van der Waals surface area contributed by atoms with E-state index in [1.807, 2.05) is 5.32 Å². The zero-order valence-electron chi connectivity index (χ0n) is 6.59. The van der Waals surface area contributed by atoms with Crippen molar-refractivity contribution in [3.8, 4) is 0 Å². The molecule has 0 aliphatic carbocycles. The van der Waals surface area contributed by atoms with E-state index in [2.05, 4.69) is 31.3 Å². The fourth-order valence-corrected chi connectivity index (χ4v) is 0.978. The molecule has 0 saturated heterocycles. The van der Waals surface area contributed by atoms with Crippen molar-refractivity contribution in [2.45, 2.75) is 13.1 Å². The lowest BCUT2D eigenvalue weighted by Gasteiger charge is -2.01. The van der Waals surface area contributed by atoms with Gasteiger partial charge >= 0.3 is 0 Å². The highest BCUT2D eigenvalue weighted by atomic mass is 14.8. The first kappa shape index (κ1) is 8.24. The Hall–Kier alpha value is -0.860. The smallest absolute Gasteiger partial charge is 0.0773 e. The van der Waals surface area contributed by atoms with Crippen molar-refractivity contribution in [1.29, 1.82) is 0 Å². The first-order valence-corrected chi connectivity index (χ1v) is 3.75. The fourth-order valence-electron chi connectivity index (χ4n) is 0.978.